The summed E-state index contributed by atoms with van der Waals surface area (Å²) in [6.45, 7) is 5.03. The Bertz CT molecular complexity index is 1090. The minimum Gasteiger partial charge on any atom is -0.348 e. The van der Waals surface area contributed by atoms with Crippen molar-refractivity contribution in [1.82, 2.24) is 20.9 Å². The molecule has 1 aromatic carbocycles. The van der Waals surface area contributed by atoms with E-state index in [-0.39, 0.29) is 24.7 Å². The highest BCUT2D eigenvalue weighted by molar-refractivity contribution is 6.16. The number of imide groups is 1. The van der Waals surface area contributed by atoms with Crippen LogP contribution in [0.1, 0.15) is 44.5 Å². The molecule has 1 aliphatic rings. The first kappa shape index (κ1) is 25.7. The maximum Gasteiger partial charge on any atom is 0.238 e. The number of nitrogens with one attached hydrogen (secondary N) is 3. The number of hydrogen-bond acceptors (Lipinski definition) is 6. The number of hydrogen-bond donors (Lipinski definition) is 3. The number of rotatable bonds is 10. The Labute approximate surface area is 204 Å². The number of benzene rings is 1. The van der Waals surface area contributed by atoms with Crippen molar-refractivity contribution in [2.75, 3.05) is 0 Å². The molecular weight excluding hydrogens is 448 g/mol. The zero-order chi connectivity index (χ0) is 25.5. The molecule has 184 valence electrons. The normalized spacial score (nSPS) is 19.1. The van der Waals surface area contributed by atoms with Gasteiger partial charge in [-0.15, -0.1) is 0 Å². The van der Waals surface area contributed by atoms with Crippen LogP contribution in [0.4, 0.5) is 0 Å². The molecule has 2 heterocycles. The fraction of sp³-hybridized carbons (Fsp3) is 0.385. The topological polar surface area (TPSA) is 134 Å². The standard InChI is InChI=1S/C26H30N4O5/c1-15(2)23(24(33)22-16(3)25(34)30-26(22)35)29-21(32)14-19(17-9-5-4-6-10-17)28-20(31)13-18-11-7-8-12-27-18/h4-12,15-16,19,22-23H,13-14H2,1-3H3,(H,28,31)(H,29,32)(H,30,34,35)/t16-,19+,22-,23-/m1/s1. The molecule has 3 rings (SSSR count). The molecule has 35 heavy (non-hydrogen) atoms. The average Bonchev–Trinajstić information content (AvgIpc) is 3.08. The second-order valence-corrected chi connectivity index (χ2v) is 9.04. The van der Waals surface area contributed by atoms with Gasteiger partial charge in [0, 0.05) is 11.9 Å². The van der Waals surface area contributed by atoms with E-state index in [1.165, 1.54) is 6.92 Å². The van der Waals surface area contributed by atoms with Gasteiger partial charge in [0.05, 0.1) is 30.8 Å². The molecule has 9 heteroatoms. The first-order chi connectivity index (χ1) is 16.7. The van der Waals surface area contributed by atoms with E-state index in [4.69, 9.17) is 0 Å². The van der Waals surface area contributed by atoms with Crippen LogP contribution in [0.15, 0.2) is 54.7 Å². The van der Waals surface area contributed by atoms with Crippen molar-refractivity contribution in [3.05, 3.63) is 66.0 Å². The number of Topliss-reactive ketones (excluding diaryl/α,β-unsaturated/α-hetero) is 1. The van der Waals surface area contributed by atoms with Crippen LogP contribution in [0.25, 0.3) is 0 Å². The summed E-state index contributed by atoms with van der Waals surface area (Å²) >= 11 is 0. The molecule has 1 aliphatic heterocycles. The summed E-state index contributed by atoms with van der Waals surface area (Å²) in [5.41, 5.74) is 1.34. The molecule has 9 nitrogen and oxygen atoms in total. The fourth-order valence-electron chi connectivity index (χ4n) is 4.09. The minimum absolute atomic E-state index is 0.0571. The van der Waals surface area contributed by atoms with Crippen molar-refractivity contribution in [2.24, 2.45) is 17.8 Å². The third-order valence-electron chi connectivity index (χ3n) is 6.03. The first-order valence-corrected chi connectivity index (χ1v) is 11.6. The van der Waals surface area contributed by atoms with Gasteiger partial charge in [-0.05, 0) is 23.6 Å². The maximum absolute atomic E-state index is 13.1. The second kappa shape index (κ2) is 11.5. The van der Waals surface area contributed by atoms with Gasteiger partial charge in [-0.2, -0.15) is 0 Å². The van der Waals surface area contributed by atoms with E-state index in [9.17, 15) is 24.0 Å². The summed E-state index contributed by atoms with van der Waals surface area (Å²) in [6.07, 6.45) is 1.55. The van der Waals surface area contributed by atoms with Gasteiger partial charge in [0.15, 0.2) is 5.78 Å². The van der Waals surface area contributed by atoms with Crippen molar-refractivity contribution < 1.29 is 24.0 Å². The summed E-state index contributed by atoms with van der Waals surface area (Å²) in [4.78, 5) is 67.0. The Morgan fingerprint density at radius 3 is 2.20 bits per heavy atom. The van der Waals surface area contributed by atoms with E-state index in [1.807, 2.05) is 18.2 Å². The molecule has 0 bridgehead atoms. The quantitative estimate of drug-likeness (QED) is 0.350. The molecule has 0 aliphatic carbocycles. The number of carbonyl (C=O) groups is 5. The van der Waals surface area contributed by atoms with Crippen LogP contribution in [-0.4, -0.2) is 40.4 Å². The zero-order valence-corrected chi connectivity index (χ0v) is 20.0. The van der Waals surface area contributed by atoms with Gasteiger partial charge >= 0.3 is 0 Å². The van der Waals surface area contributed by atoms with Crippen LogP contribution in [0.5, 0.6) is 0 Å². The van der Waals surface area contributed by atoms with E-state index >= 15 is 0 Å². The predicted octanol–water partition coefficient (Wildman–Crippen LogP) is 1.49. The van der Waals surface area contributed by atoms with Crippen molar-refractivity contribution in [1.29, 1.82) is 0 Å². The molecule has 3 N–H and O–H groups in total. The molecule has 2 aromatic rings. The third-order valence-corrected chi connectivity index (χ3v) is 6.03. The fourth-order valence-corrected chi connectivity index (χ4v) is 4.09. The van der Waals surface area contributed by atoms with Crippen LogP contribution < -0.4 is 16.0 Å². The number of ketones is 1. The lowest BCUT2D eigenvalue weighted by atomic mass is 9.85. The van der Waals surface area contributed by atoms with Gasteiger partial charge in [-0.25, -0.2) is 0 Å². The van der Waals surface area contributed by atoms with E-state index in [0.29, 0.717) is 5.69 Å². The lowest BCUT2D eigenvalue weighted by Gasteiger charge is -2.26. The van der Waals surface area contributed by atoms with Crippen molar-refractivity contribution >= 4 is 29.4 Å². The monoisotopic (exact) mass is 478 g/mol. The van der Waals surface area contributed by atoms with Crippen LogP contribution in [0, 0.1) is 17.8 Å². The molecule has 0 saturated carbocycles. The van der Waals surface area contributed by atoms with E-state index in [2.05, 4.69) is 20.9 Å². The predicted molar refractivity (Wildman–Crippen MR) is 127 cm³/mol. The van der Waals surface area contributed by atoms with Crippen LogP contribution in [-0.2, 0) is 30.4 Å². The Balaban J connectivity index is 1.72. The van der Waals surface area contributed by atoms with Crippen molar-refractivity contribution in [2.45, 2.75) is 45.7 Å². The molecule has 1 aromatic heterocycles. The first-order valence-electron chi connectivity index (χ1n) is 11.6. The van der Waals surface area contributed by atoms with Crippen LogP contribution >= 0.6 is 0 Å². The van der Waals surface area contributed by atoms with Gasteiger partial charge in [-0.3, -0.25) is 34.3 Å². The largest absolute Gasteiger partial charge is 0.348 e. The van der Waals surface area contributed by atoms with Gasteiger partial charge in [0.2, 0.25) is 23.6 Å². The Hall–Kier alpha value is -3.88. The van der Waals surface area contributed by atoms with E-state index < -0.39 is 47.4 Å². The van der Waals surface area contributed by atoms with Crippen LogP contribution in [0.3, 0.4) is 0 Å². The highest BCUT2D eigenvalue weighted by Gasteiger charge is 2.46. The van der Waals surface area contributed by atoms with E-state index in [1.54, 1.807) is 50.4 Å². The summed E-state index contributed by atoms with van der Waals surface area (Å²) in [6, 6.07) is 12.8. The zero-order valence-electron chi connectivity index (χ0n) is 20.0. The van der Waals surface area contributed by atoms with Gasteiger partial charge in [0.25, 0.3) is 0 Å². The maximum atomic E-state index is 13.1. The Kier molecular flexibility index (Phi) is 8.46. The number of aromatic nitrogens is 1. The molecule has 0 spiro atoms. The van der Waals surface area contributed by atoms with Gasteiger partial charge in [-0.1, -0.05) is 57.2 Å². The highest BCUT2D eigenvalue weighted by atomic mass is 16.2. The van der Waals surface area contributed by atoms with E-state index in [0.717, 1.165) is 5.56 Å². The molecule has 0 radical (unpaired) electrons. The van der Waals surface area contributed by atoms with Crippen molar-refractivity contribution in [3.8, 4) is 0 Å². The Morgan fingerprint density at radius 1 is 0.943 bits per heavy atom. The minimum atomic E-state index is -1.14. The SMILES string of the molecule is CC(C)[C@@H](NC(=O)C[C@H](NC(=O)Cc1ccccn1)c1ccccc1)C(=O)[C@@H]1C(=O)NC(=O)[C@@H]1C. The van der Waals surface area contributed by atoms with Gasteiger partial charge < -0.3 is 10.6 Å². The molecule has 4 atom stereocenters. The second-order valence-electron chi connectivity index (χ2n) is 9.04. The number of carbonyl (C=O) groups excluding carboxylic acids is 5. The summed E-state index contributed by atoms with van der Waals surface area (Å²) < 4.78 is 0. The molecule has 1 fully saturated rings. The highest BCUT2D eigenvalue weighted by Crippen LogP contribution is 2.24. The summed E-state index contributed by atoms with van der Waals surface area (Å²) in [7, 11) is 0. The summed E-state index contributed by atoms with van der Waals surface area (Å²) in [5, 5.41) is 7.79. The van der Waals surface area contributed by atoms with Crippen molar-refractivity contribution in [3.63, 3.8) is 0 Å². The lowest BCUT2D eigenvalue weighted by Crippen LogP contribution is -2.49. The number of nitrogens with zero attached hydrogens (tertiary/aromatic N) is 1. The van der Waals surface area contributed by atoms with Crippen LogP contribution in [0.2, 0.25) is 0 Å². The Morgan fingerprint density at radius 2 is 1.63 bits per heavy atom. The van der Waals surface area contributed by atoms with Gasteiger partial charge in [0.1, 0.15) is 5.92 Å². The molecule has 4 amide bonds. The third kappa shape index (κ3) is 6.59. The average molecular weight is 479 g/mol. The molecular formula is C26H30N4O5. The molecule has 1 saturated heterocycles. The number of amides is 4. The number of pyridine rings is 1. The lowest BCUT2D eigenvalue weighted by molar-refractivity contribution is -0.137. The summed E-state index contributed by atoms with van der Waals surface area (Å²) in [5.74, 6) is -4.64. The smallest absolute Gasteiger partial charge is 0.238 e. The molecule has 0 unspecified atom stereocenters.